The summed E-state index contributed by atoms with van der Waals surface area (Å²) in [6.07, 6.45) is -10.5. The molecule has 0 heterocycles. The topological polar surface area (TPSA) is 35.2 Å². The van der Waals surface area contributed by atoms with E-state index in [9.17, 15) is 30.7 Å². The fourth-order valence-electron chi connectivity index (χ4n) is 1.84. The second kappa shape index (κ2) is 6.08. The molecule has 2 nitrogen and oxygen atoms in total. The van der Waals surface area contributed by atoms with Crippen molar-refractivity contribution in [3.63, 3.8) is 0 Å². The first kappa shape index (κ1) is 17.5. The molecule has 0 fully saturated rings. The maximum atomic E-state index is 13.0. The molecule has 21 heavy (non-hydrogen) atoms. The van der Waals surface area contributed by atoms with E-state index in [0.29, 0.717) is 6.07 Å². The number of hydrogen-bond acceptors (Lipinski definition) is 2. The van der Waals surface area contributed by atoms with Crippen LogP contribution in [-0.2, 0) is 12.4 Å². The molecule has 9 heteroatoms. The van der Waals surface area contributed by atoms with Gasteiger partial charge in [0, 0.05) is 11.6 Å². The highest BCUT2D eigenvalue weighted by molar-refractivity contribution is 5.48. The highest BCUT2D eigenvalue weighted by atomic mass is 19.4. The van der Waals surface area contributed by atoms with Crippen LogP contribution in [0.25, 0.3) is 0 Å². The molecule has 0 amide bonds. The summed E-state index contributed by atoms with van der Waals surface area (Å²) in [5.41, 5.74) is 1.67. The second-order valence-electron chi connectivity index (χ2n) is 4.22. The molecule has 0 aliphatic rings. The molecule has 0 aromatic heterocycles. The number of halogens is 7. The molecular formula is C12H12F7NO. The van der Waals surface area contributed by atoms with Crippen molar-refractivity contribution in [3.05, 3.63) is 28.8 Å². The minimum absolute atomic E-state index is 0.0457. The fourth-order valence-corrected chi connectivity index (χ4v) is 1.84. The predicted molar refractivity (Wildman–Crippen MR) is 60.5 cm³/mol. The molecule has 2 N–H and O–H groups in total. The van der Waals surface area contributed by atoms with Gasteiger partial charge in [0.2, 0.25) is 0 Å². The van der Waals surface area contributed by atoms with Gasteiger partial charge in [-0.1, -0.05) is 0 Å². The first-order chi connectivity index (χ1) is 9.52. The molecule has 0 bridgehead atoms. The quantitative estimate of drug-likeness (QED) is 0.848. The van der Waals surface area contributed by atoms with Crippen LogP contribution in [0, 0.1) is 0 Å². The van der Waals surface area contributed by atoms with E-state index in [-0.39, 0.29) is 6.07 Å². The normalized spacial score (nSPS) is 14.1. The number of benzene rings is 1. The first-order valence-corrected chi connectivity index (χ1v) is 5.70. The average Bonchev–Trinajstić information content (AvgIpc) is 2.35. The van der Waals surface area contributed by atoms with Gasteiger partial charge < -0.3 is 10.5 Å². The Morgan fingerprint density at radius 1 is 1.10 bits per heavy atom. The van der Waals surface area contributed by atoms with Crippen LogP contribution in [-0.4, -0.2) is 13.8 Å². The molecule has 1 aromatic carbocycles. The summed E-state index contributed by atoms with van der Waals surface area (Å²) in [5.74, 6) is -0.668. The molecule has 0 saturated carbocycles. The van der Waals surface area contributed by atoms with Crippen LogP contribution >= 0.6 is 0 Å². The lowest BCUT2D eigenvalue weighted by Gasteiger charge is -2.22. The Morgan fingerprint density at radius 3 is 2.05 bits per heavy atom. The minimum Gasteiger partial charge on any atom is -0.496 e. The van der Waals surface area contributed by atoms with Crippen molar-refractivity contribution in [2.75, 3.05) is 13.8 Å². The van der Waals surface area contributed by atoms with E-state index in [4.69, 9.17) is 5.73 Å². The predicted octanol–water partition coefficient (Wildman–Crippen LogP) is 4.09. The Bertz CT molecular complexity index is 496. The Labute approximate surface area is 115 Å². The van der Waals surface area contributed by atoms with Crippen molar-refractivity contribution in [1.82, 2.24) is 0 Å². The zero-order valence-electron chi connectivity index (χ0n) is 10.8. The number of nitrogens with two attached hydrogens (primary N) is 1. The van der Waals surface area contributed by atoms with Crippen molar-refractivity contribution in [1.29, 1.82) is 0 Å². The minimum atomic E-state index is -5.07. The zero-order valence-corrected chi connectivity index (χ0v) is 10.8. The lowest BCUT2D eigenvalue weighted by Crippen LogP contribution is -2.21. The van der Waals surface area contributed by atoms with Crippen LogP contribution in [0.1, 0.15) is 29.2 Å². The highest BCUT2D eigenvalue weighted by Crippen LogP contribution is 2.43. The molecule has 0 radical (unpaired) electrons. The molecule has 1 aromatic rings. The third-order valence-corrected chi connectivity index (χ3v) is 2.79. The molecule has 1 rings (SSSR count). The number of alkyl halides is 7. The van der Waals surface area contributed by atoms with Crippen molar-refractivity contribution >= 4 is 0 Å². The van der Waals surface area contributed by atoms with Crippen LogP contribution in [0.15, 0.2) is 12.1 Å². The monoisotopic (exact) mass is 319 g/mol. The van der Waals surface area contributed by atoms with Crippen molar-refractivity contribution in [2.45, 2.75) is 24.8 Å². The third kappa shape index (κ3) is 3.99. The molecular weight excluding hydrogens is 307 g/mol. The lowest BCUT2D eigenvalue weighted by molar-refractivity contribution is -0.143. The standard InChI is InChI=1S/C12H12F7NO/c1-21-9-5-6(11(14,15)16)4-7(12(17,18)19)10(9)8(20)2-3-13/h4-5,8H,2-3,20H2,1H3/t8-/m1/s1. The van der Waals surface area contributed by atoms with Crippen LogP contribution < -0.4 is 10.5 Å². The smallest absolute Gasteiger partial charge is 0.416 e. The van der Waals surface area contributed by atoms with Crippen LogP contribution in [0.5, 0.6) is 5.75 Å². The van der Waals surface area contributed by atoms with E-state index >= 15 is 0 Å². The van der Waals surface area contributed by atoms with Gasteiger partial charge in [0.25, 0.3) is 0 Å². The van der Waals surface area contributed by atoms with Crippen LogP contribution in [0.4, 0.5) is 30.7 Å². The first-order valence-electron chi connectivity index (χ1n) is 5.70. The summed E-state index contributed by atoms with van der Waals surface area (Å²) >= 11 is 0. The fraction of sp³-hybridized carbons (Fsp3) is 0.500. The van der Waals surface area contributed by atoms with Gasteiger partial charge in [0.05, 0.1) is 24.9 Å². The summed E-state index contributed by atoms with van der Waals surface area (Å²) in [6.45, 7) is -1.01. The van der Waals surface area contributed by atoms with E-state index in [0.717, 1.165) is 7.11 Å². The van der Waals surface area contributed by atoms with E-state index in [1.54, 1.807) is 0 Å². The number of rotatable bonds is 4. The second-order valence-corrected chi connectivity index (χ2v) is 4.22. The molecule has 0 unspecified atom stereocenters. The summed E-state index contributed by atoms with van der Waals surface area (Å²) in [7, 11) is 0.918. The van der Waals surface area contributed by atoms with E-state index < -0.39 is 53.9 Å². The van der Waals surface area contributed by atoms with E-state index in [2.05, 4.69) is 4.74 Å². The lowest BCUT2D eigenvalue weighted by atomic mass is 9.94. The van der Waals surface area contributed by atoms with Gasteiger partial charge in [-0.3, -0.25) is 4.39 Å². The van der Waals surface area contributed by atoms with Gasteiger partial charge in [-0.05, 0) is 18.6 Å². The maximum absolute atomic E-state index is 13.0. The van der Waals surface area contributed by atoms with Crippen molar-refractivity contribution in [3.8, 4) is 5.75 Å². The summed E-state index contributed by atoms with van der Waals surface area (Å²) in [6, 6.07) is -1.05. The Morgan fingerprint density at radius 2 is 1.67 bits per heavy atom. The Kier molecular flexibility index (Phi) is 5.08. The maximum Gasteiger partial charge on any atom is 0.416 e. The third-order valence-electron chi connectivity index (χ3n) is 2.79. The largest absolute Gasteiger partial charge is 0.496 e. The van der Waals surface area contributed by atoms with Crippen molar-refractivity contribution in [2.24, 2.45) is 5.73 Å². The molecule has 1 atom stereocenters. The summed E-state index contributed by atoms with van der Waals surface area (Å²) < 4.78 is 93.7. The number of ether oxygens (including phenoxy) is 1. The van der Waals surface area contributed by atoms with E-state index in [1.165, 1.54) is 0 Å². The molecule has 0 aliphatic heterocycles. The van der Waals surface area contributed by atoms with Gasteiger partial charge >= 0.3 is 12.4 Å². The summed E-state index contributed by atoms with van der Waals surface area (Å²) in [5, 5.41) is 0. The highest BCUT2D eigenvalue weighted by Gasteiger charge is 2.41. The summed E-state index contributed by atoms with van der Waals surface area (Å²) in [4.78, 5) is 0. The number of hydrogen-bond donors (Lipinski definition) is 1. The molecule has 120 valence electrons. The Balaban J connectivity index is 3.60. The van der Waals surface area contributed by atoms with Crippen molar-refractivity contribution < 1.29 is 35.5 Å². The Hall–Kier alpha value is -1.51. The van der Waals surface area contributed by atoms with Gasteiger partial charge in [-0.25, -0.2) is 0 Å². The van der Waals surface area contributed by atoms with Crippen LogP contribution in [0.3, 0.4) is 0 Å². The van der Waals surface area contributed by atoms with Crippen LogP contribution in [0.2, 0.25) is 0 Å². The van der Waals surface area contributed by atoms with Gasteiger partial charge in [0.1, 0.15) is 5.75 Å². The van der Waals surface area contributed by atoms with Gasteiger partial charge in [-0.2, -0.15) is 26.3 Å². The molecule has 0 spiro atoms. The SMILES string of the molecule is COc1cc(C(F)(F)F)cc(C(F)(F)F)c1[C@H](N)CCF. The zero-order chi connectivity index (χ0) is 16.4. The average molecular weight is 319 g/mol. The van der Waals surface area contributed by atoms with E-state index in [1.807, 2.05) is 0 Å². The molecule has 0 saturated heterocycles. The molecule has 0 aliphatic carbocycles. The van der Waals surface area contributed by atoms with Gasteiger partial charge in [-0.15, -0.1) is 0 Å². The van der Waals surface area contributed by atoms with Gasteiger partial charge in [0.15, 0.2) is 0 Å². The number of methoxy groups -OCH3 is 1.